The number of hydrogen-bond acceptors (Lipinski definition) is 0. The van der Waals surface area contributed by atoms with Crippen molar-refractivity contribution in [2.75, 3.05) is 0 Å². The van der Waals surface area contributed by atoms with Gasteiger partial charge in [0.1, 0.15) is 0 Å². The van der Waals surface area contributed by atoms with Crippen LogP contribution < -0.4 is 0 Å². The van der Waals surface area contributed by atoms with Crippen LogP contribution in [0, 0.1) is 14.4 Å². The first-order valence-electron chi connectivity index (χ1n) is 1.32. The van der Waals surface area contributed by atoms with Crippen molar-refractivity contribution in [3.63, 3.8) is 0 Å². The van der Waals surface area contributed by atoms with Crippen LogP contribution in [0.5, 0.6) is 0 Å². The van der Waals surface area contributed by atoms with Gasteiger partial charge in [0.05, 0.1) is 0 Å². The van der Waals surface area contributed by atoms with E-state index in [1.165, 1.54) is 0 Å². The van der Waals surface area contributed by atoms with Crippen molar-refractivity contribution in [2.24, 2.45) is 0 Å². The topological polar surface area (TPSA) is 0 Å². The van der Waals surface area contributed by atoms with Gasteiger partial charge in [-0.1, -0.05) is 0 Å². The van der Waals surface area contributed by atoms with Crippen molar-refractivity contribution in [3.05, 3.63) is 26.5 Å². The minimum atomic E-state index is 0. The zero-order valence-electron chi connectivity index (χ0n) is 4.27. The van der Waals surface area contributed by atoms with Gasteiger partial charge < -0.3 is 7.43 Å². The van der Waals surface area contributed by atoms with Gasteiger partial charge in [-0.15, -0.1) is 6.92 Å². The summed E-state index contributed by atoms with van der Waals surface area (Å²) in [5.41, 5.74) is 0. The third-order valence-corrected chi connectivity index (χ3v) is 0.236. The molecule has 0 amide bonds. The second kappa shape index (κ2) is 18.5. The third kappa shape index (κ3) is 27.7. The van der Waals surface area contributed by atoms with E-state index in [-0.39, 0.29) is 28.5 Å². The summed E-state index contributed by atoms with van der Waals surface area (Å²) in [5.74, 6) is 0. The summed E-state index contributed by atoms with van der Waals surface area (Å²) < 4.78 is 0. The monoisotopic (exact) mass is 254 g/mol. The van der Waals surface area contributed by atoms with Gasteiger partial charge in [-0.05, 0) is 0 Å². The summed E-state index contributed by atoms with van der Waals surface area (Å²) >= 11 is 0. The molecule has 0 unspecified atom stereocenters. The fourth-order valence-corrected chi connectivity index (χ4v) is 0. The summed E-state index contributed by atoms with van der Waals surface area (Å²) in [6.45, 7) is 5.36. The largest absolute Gasteiger partial charge is 2.00 e. The molecule has 0 atom stereocenters. The predicted octanol–water partition coefficient (Wildman–Crippen LogP) is 1.84. The summed E-state index contributed by atoms with van der Waals surface area (Å²) in [5, 5.41) is 0. The molecule has 0 aromatic rings. The minimum Gasteiger partial charge on any atom is -0.358 e. The molecule has 0 spiro atoms. The van der Waals surface area contributed by atoms with E-state index < -0.39 is 0 Å². The number of allylic oxidation sites excluding steroid dienone is 2. The van der Waals surface area contributed by atoms with Crippen LogP contribution in [-0.4, -0.2) is 0 Å². The second-order valence-electron chi connectivity index (χ2n) is 0.569. The van der Waals surface area contributed by atoms with E-state index in [0.717, 1.165) is 0 Å². The maximum absolute atomic E-state index is 3.42. The Hall–Kier alpha value is 0.298. The molecule has 0 aliphatic rings. The Kier molecular flexibility index (Phi) is 50.2. The van der Waals surface area contributed by atoms with Crippen molar-refractivity contribution >= 4 is 0 Å². The Labute approximate surface area is 54.9 Å². The minimum absolute atomic E-state index is 0. The summed E-state index contributed by atoms with van der Waals surface area (Å²) in [6.07, 6.45) is 3.64. The molecule has 0 aromatic heterocycles. The van der Waals surface area contributed by atoms with Crippen LogP contribution in [0.25, 0.3) is 0 Å². The summed E-state index contributed by atoms with van der Waals surface area (Å²) in [6, 6.07) is 0. The molecule has 0 aliphatic carbocycles. The van der Waals surface area contributed by atoms with Gasteiger partial charge in [-0.3, -0.25) is 0 Å². The fourth-order valence-electron chi connectivity index (χ4n) is 0. The quantitative estimate of drug-likeness (QED) is 0.578. The molecule has 0 radical (unpaired) electrons. The van der Waals surface area contributed by atoms with Crippen LogP contribution in [0.1, 0.15) is 6.92 Å². The molecule has 1 heteroatoms. The standard InChI is InChI=1S/C4H7.CH3.W/c1-3-4-2;;/h3-4H,1H2,2H3;1H3;/q2*-1;+2/b4-3-;;. The maximum atomic E-state index is 3.42. The van der Waals surface area contributed by atoms with Crippen molar-refractivity contribution in [1.29, 1.82) is 0 Å². The molecule has 0 rings (SSSR count). The van der Waals surface area contributed by atoms with E-state index in [0.29, 0.717) is 0 Å². The van der Waals surface area contributed by atoms with Gasteiger partial charge in [-0.25, -0.2) is 19.1 Å². The van der Waals surface area contributed by atoms with Crippen molar-refractivity contribution in [2.45, 2.75) is 6.92 Å². The number of hydrogen-bond donors (Lipinski definition) is 0. The van der Waals surface area contributed by atoms with Crippen LogP contribution >= 0.6 is 0 Å². The van der Waals surface area contributed by atoms with E-state index in [2.05, 4.69) is 6.92 Å². The van der Waals surface area contributed by atoms with Crippen LogP contribution in [0.4, 0.5) is 0 Å². The molecule has 36 valence electrons. The van der Waals surface area contributed by atoms with Crippen LogP contribution in [0.3, 0.4) is 0 Å². The Balaban J connectivity index is -0.0000000450. The van der Waals surface area contributed by atoms with E-state index in [1.54, 1.807) is 6.08 Å². The second-order valence-corrected chi connectivity index (χ2v) is 0.569. The van der Waals surface area contributed by atoms with Crippen LogP contribution in [-0.2, 0) is 21.1 Å². The molecular weight excluding hydrogens is 244 g/mol. The zero-order chi connectivity index (χ0) is 3.41. The number of rotatable bonds is 0. The van der Waals surface area contributed by atoms with Gasteiger partial charge >= 0.3 is 21.1 Å². The Morgan fingerprint density at radius 1 is 1.50 bits per heavy atom. The normalized spacial score (nSPS) is 6.17. The molecule has 0 bridgehead atoms. The molecular formula is C5H10W. The molecule has 6 heavy (non-hydrogen) atoms. The first kappa shape index (κ1) is 16.3. The van der Waals surface area contributed by atoms with Crippen molar-refractivity contribution in [3.8, 4) is 0 Å². The Bertz CT molecular complexity index is 19.1. The molecule has 0 aromatic carbocycles. The summed E-state index contributed by atoms with van der Waals surface area (Å²) in [4.78, 5) is 0. The van der Waals surface area contributed by atoms with Gasteiger partial charge in [0.2, 0.25) is 0 Å². The van der Waals surface area contributed by atoms with E-state index in [4.69, 9.17) is 0 Å². The average Bonchev–Trinajstić information content (AvgIpc) is 1.37. The Morgan fingerprint density at radius 3 is 1.67 bits per heavy atom. The van der Waals surface area contributed by atoms with E-state index >= 15 is 0 Å². The SMILES string of the molecule is [CH2-]/C=C\C.[CH3-].[W+2]. The van der Waals surface area contributed by atoms with Crippen molar-refractivity contribution in [1.82, 2.24) is 0 Å². The van der Waals surface area contributed by atoms with Crippen LogP contribution in [0.15, 0.2) is 12.2 Å². The van der Waals surface area contributed by atoms with Gasteiger partial charge in [-0.2, -0.15) is 0 Å². The first-order chi connectivity index (χ1) is 1.91. The van der Waals surface area contributed by atoms with Gasteiger partial charge in [0.15, 0.2) is 0 Å². The Morgan fingerprint density at radius 2 is 1.67 bits per heavy atom. The van der Waals surface area contributed by atoms with E-state index in [9.17, 15) is 0 Å². The fraction of sp³-hybridized carbons (Fsp3) is 0.200. The summed E-state index contributed by atoms with van der Waals surface area (Å²) in [7, 11) is 0. The molecule has 0 nitrogen and oxygen atoms in total. The molecule has 0 saturated heterocycles. The van der Waals surface area contributed by atoms with E-state index in [1.807, 2.05) is 13.0 Å². The molecule has 0 aliphatic heterocycles. The smallest absolute Gasteiger partial charge is 0.358 e. The third-order valence-electron chi connectivity index (χ3n) is 0.236. The maximum Gasteiger partial charge on any atom is 2.00 e. The molecule has 0 saturated carbocycles. The van der Waals surface area contributed by atoms with Crippen LogP contribution in [0.2, 0.25) is 0 Å². The van der Waals surface area contributed by atoms with Crippen molar-refractivity contribution < 1.29 is 21.1 Å². The molecule has 0 N–H and O–H groups in total. The molecule has 0 fully saturated rings. The zero-order valence-corrected chi connectivity index (χ0v) is 7.20. The van der Waals surface area contributed by atoms with Gasteiger partial charge in [0.25, 0.3) is 0 Å². The molecule has 0 heterocycles. The first-order valence-corrected chi connectivity index (χ1v) is 1.32. The predicted molar refractivity (Wildman–Crippen MR) is 26.6 cm³/mol. The average molecular weight is 254 g/mol. The van der Waals surface area contributed by atoms with Gasteiger partial charge in [0, 0.05) is 0 Å².